The van der Waals surface area contributed by atoms with Crippen molar-refractivity contribution in [2.45, 2.75) is 32.0 Å². The lowest BCUT2D eigenvalue weighted by Gasteiger charge is -2.32. The Morgan fingerprint density at radius 2 is 2.05 bits per heavy atom. The number of anilines is 2. The molecule has 1 unspecified atom stereocenters. The molecule has 0 aromatic heterocycles. The van der Waals surface area contributed by atoms with E-state index < -0.39 is 11.7 Å². The number of ether oxygens (including phenoxy) is 1. The molecule has 0 bridgehead atoms. The fraction of sp³-hybridized carbons (Fsp3) is 0.600. The maximum absolute atomic E-state index is 13.0. The topological polar surface area (TPSA) is 38.5 Å². The molecule has 1 atom stereocenters. The highest BCUT2D eigenvalue weighted by molar-refractivity contribution is 5.60. The highest BCUT2D eigenvalue weighted by atomic mass is 19.4. The Kier molecular flexibility index (Phi) is 4.66. The van der Waals surface area contributed by atoms with Gasteiger partial charge in [-0.3, -0.25) is 0 Å². The summed E-state index contributed by atoms with van der Waals surface area (Å²) in [6.07, 6.45) is -2.17. The number of nitrogens with zero attached hydrogens (tertiary/aromatic N) is 1. The van der Waals surface area contributed by atoms with Gasteiger partial charge in [0.05, 0.1) is 12.2 Å². The molecule has 1 fully saturated rings. The molecule has 6 heteroatoms. The van der Waals surface area contributed by atoms with Crippen LogP contribution in [0.4, 0.5) is 24.5 Å². The largest absolute Gasteiger partial charge is 0.418 e. The lowest BCUT2D eigenvalue weighted by atomic mass is 10.1. The van der Waals surface area contributed by atoms with Crippen LogP contribution in [0, 0.1) is 5.92 Å². The quantitative estimate of drug-likeness (QED) is 0.817. The molecule has 0 spiro atoms. The highest BCUT2D eigenvalue weighted by Gasteiger charge is 2.35. The minimum atomic E-state index is -4.43. The Bertz CT molecular complexity index is 486. The number of nitrogens with two attached hydrogens (primary N) is 1. The smallest absolute Gasteiger partial charge is 0.398 e. The van der Waals surface area contributed by atoms with Crippen LogP contribution in [0.5, 0.6) is 0 Å². The van der Waals surface area contributed by atoms with E-state index >= 15 is 0 Å². The summed E-state index contributed by atoms with van der Waals surface area (Å²) in [4.78, 5) is 1.98. The molecule has 1 aliphatic rings. The fourth-order valence-electron chi connectivity index (χ4n) is 2.56. The Morgan fingerprint density at radius 3 is 2.57 bits per heavy atom. The lowest BCUT2D eigenvalue weighted by Crippen LogP contribution is -2.37. The molecule has 2 N–H and O–H groups in total. The molecule has 21 heavy (non-hydrogen) atoms. The molecule has 1 aromatic carbocycles. The molecule has 3 nitrogen and oxygen atoms in total. The molecule has 0 amide bonds. The van der Waals surface area contributed by atoms with Crippen molar-refractivity contribution in [1.29, 1.82) is 0 Å². The zero-order valence-corrected chi connectivity index (χ0v) is 12.3. The standard InChI is InChI=1S/C15H21F3N2O/c1-10(11-3-4-11)20(7-8-21-2)12-5-6-14(19)13(9-12)15(16,17)18/h5-6,9-11H,3-4,7-8,19H2,1-2H3. The van der Waals surface area contributed by atoms with Crippen LogP contribution in [0.25, 0.3) is 0 Å². The van der Waals surface area contributed by atoms with Gasteiger partial charge in [-0.25, -0.2) is 0 Å². The van der Waals surface area contributed by atoms with E-state index in [9.17, 15) is 13.2 Å². The van der Waals surface area contributed by atoms with E-state index in [1.165, 1.54) is 6.07 Å². The maximum atomic E-state index is 13.0. The van der Waals surface area contributed by atoms with Crippen molar-refractivity contribution >= 4 is 11.4 Å². The molecule has 0 aliphatic heterocycles. The number of hydrogen-bond acceptors (Lipinski definition) is 3. The van der Waals surface area contributed by atoms with Crippen LogP contribution in [0.3, 0.4) is 0 Å². The van der Waals surface area contributed by atoms with Gasteiger partial charge in [-0.1, -0.05) is 0 Å². The first-order chi connectivity index (χ1) is 9.84. The number of methoxy groups -OCH3 is 1. The first-order valence-electron chi connectivity index (χ1n) is 7.07. The van der Waals surface area contributed by atoms with Crippen molar-refractivity contribution in [2.75, 3.05) is 30.9 Å². The van der Waals surface area contributed by atoms with Crippen LogP contribution in [0.15, 0.2) is 18.2 Å². The van der Waals surface area contributed by atoms with Crippen molar-refractivity contribution in [2.24, 2.45) is 5.92 Å². The number of rotatable bonds is 6. The summed E-state index contributed by atoms with van der Waals surface area (Å²) in [5, 5.41) is 0. The number of halogens is 3. The van der Waals surface area contributed by atoms with E-state index in [1.807, 2.05) is 4.90 Å². The lowest BCUT2D eigenvalue weighted by molar-refractivity contribution is -0.136. The molecule has 1 aromatic rings. The van der Waals surface area contributed by atoms with Gasteiger partial charge in [0.15, 0.2) is 0 Å². The Morgan fingerprint density at radius 1 is 1.38 bits per heavy atom. The average molecular weight is 302 g/mol. The predicted molar refractivity (Wildman–Crippen MR) is 77.3 cm³/mol. The van der Waals surface area contributed by atoms with Crippen LogP contribution < -0.4 is 10.6 Å². The number of hydrogen-bond donors (Lipinski definition) is 1. The molecule has 1 aliphatic carbocycles. The normalized spacial score (nSPS) is 16.8. The van der Waals surface area contributed by atoms with E-state index in [0.29, 0.717) is 24.8 Å². The number of nitrogen functional groups attached to an aromatic ring is 1. The zero-order valence-electron chi connectivity index (χ0n) is 12.3. The van der Waals surface area contributed by atoms with Crippen LogP contribution in [0.1, 0.15) is 25.3 Å². The van der Waals surface area contributed by atoms with Gasteiger partial charge in [0, 0.05) is 31.1 Å². The third-order valence-electron chi connectivity index (χ3n) is 4.01. The second-order valence-corrected chi connectivity index (χ2v) is 5.53. The van der Waals surface area contributed by atoms with Crippen molar-refractivity contribution in [3.8, 4) is 0 Å². The SMILES string of the molecule is COCCN(c1ccc(N)c(C(F)(F)F)c1)C(C)C1CC1. The summed E-state index contributed by atoms with van der Waals surface area (Å²) in [6, 6.07) is 4.32. The van der Waals surface area contributed by atoms with Gasteiger partial charge in [-0.2, -0.15) is 13.2 Å². The predicted octanol–water partition coefficient (Wildman–Crippen LogP) is 3.54. The summed E-state index contributed by atoms with van der Waals surface area (Å²) < 4.78 is 44.1. The molecule has 0 heterocycles. The Hall–Kier alpha value is -1.43. The van der Waals surface area contributed by atoms with E-state index in [0.717, 1.165) is 18.9 Å². The summed E-state index contributed by atoms with van der Waals surface area (Å²) >= 11 is 0. The summed E-state index contributed by atoms with van der Waals surface area (Å²) in [5.41, 5.74) is 5.00. The second-order valence-electron chi connectivity index (χ2n) is 5.53. The van der Waals surface area contributed by atoms with Crippen molar-refractivity contribution < 1.29 is 17.9 Å². The number of benzene rings is 1. The van der Waals surface area contributed by atoms with Gasteiger partial charge in [0.25, 0.3) is 0 Å². The first kappa shape index (κ1) is 15.9. The molecular weight excluding hydrogens is 281 g/mol. The van der Waals surface area contributed by atoms with E-state index in [4.69, 9.17) is 10.5 Å². The summed E-state index contributed by atoms with van der Waals surface area (Å²) in [5.74, 6) is 0.550. The molecule has 2 rings (SSSR count). The number of alkyl halides is 3. The van der Waals surface area contributed by atoms with E-state index in [2.05, 4.69) is 6.92 Å². The van der Waals surface area contributed by atoms with Crippen LogP contribution in [-0.4, -0.2) is 26.3 Å². The maximum Gasteiger partial charge on any atom is 0.418 e. The van der Waals surface area contributed by atoms with Gasteiger partial charge in [0.2, 0.25) is 0 Å². The molecule has 0 radical (unpaired) electrons. The van der Waals surface area contributed by atoms with Crippen LogP contribution in [-0.2, 0) is 10.9 Å². The third-order valence-corrected chi connectivity index (χ3v) is 4.01. The molecule has 0 saturated heterocycles. The van der Waals surface area contributed by atoms with Gasteiger partial charge >= 0.3 is 6.18 Å². The Labute approximate surface area is 122 Å². The third kappa shape index (κ3) is 3.81. The average Bonchev–Trinajstić information content (AvgIpc) is 3.23. The summed E-state index contributed by atoms with van der Waals surface area (Å²) in [7, 11) is 1.59. The van der Waals surface area contributed by atoms with Crippen molar-refractivity contribution in [3.63, 3.8) is 0 Å². The van der Waals surface area contributed by atoms with E-state index in [1.54, 1.807) is 13.2 Å². The van der Waals surface area contributed by atoms with E-state index in [-0.39, 0.29) is 11.7 Å². The molecule has 118 valence electrons. The first-order valence-corrected chi connectivity index (χ1v) is 7.07. The zero-order chi connectivity index (χ0) is 15.6. The minimum absolute atomic E-state index is 0.199. The Balaban J connectivity index is 2.30. The van der Waals surface area contributed by atoms with Gasteiger partial charge in [-0.05, 0) is 43.9 Å². The van der Waals surface area contributed by atoms with Gasteiger partial charge in [0.1, 0.15) is 0 Å². The van der Waals surface area contributed by atoms with Crippen molar-refractivity contribution in [1.82, 2.24) is 0 Å². The fourth-order valence-corrected chi connectivity index (χ4v) is 2.56. The second kappa shape index (κ2) is 6.13. The monoisotopic (exact) mass is 302 g/mol. The molecular formula is C15H21F3N2O. The van der Waals surface area contributed by atoms with Gasteiger partial charge < -0.3 is 15.4 Å². The highest BCUT2D eigenvalue weighted by Crippen LogP contribution is 2.39. The van der Waals surface area contributed by atoms with Crippen LogP contribution in [0.2, 0.25) is 0 Å². The molecule has 1 saturated carbocycles. The van der Waals surface area contributed by atoms with Crippen LogP contribution >= 0.6 is 0 Å². The minimum Gasteiger partial charge on any atom is -0.398 e. The van der Waals surface area contributed by atoms with Crippen molar-refractivity contribution in [3.05, 3.63) is 23.8 Å². The summed E-state index contributed by atoms with van der Waals surface area (Å²) in [6.45, 7) is 3.09. The van der Waals surface area contributed by atoms with Gasteiger partial charge in [-0.15, -0.1) is 0 Å².